The van der Waals surface area contributed by atoms with Crippen LogP contribution in [0.2, 0.25) is 0 Å². The van der Waals surface area contributed by atoms with Gasteiger partial charge in [-0.2, -0.15) is 0 Å². The van der Waals surface area contributed by atoms with E-state index < -0.39 is 0 Å². The third kappa shape index (κ3) is 4.02. The van der Waals surface area contributed by atoms with Crippen LogP contribution < -0.4 is 5.32 Å². The Kier molecular flexibility index (Phi) is 5.87. The van der Waals surface area contributed by atoms with Gasteiger partial charge < -0.3 is 10.2 Å². The second-order valence-electron chi connectivity index (χ2n) is 6.68. The molecule has 1 aromatic carbocycles. The van der Waals surface area contributed by atoms with Gasteiger partial charge >= 0.3 is 0 Å². The molecule has 0 radical (unpaired) electrons. The quantitative estimate of drug-likeness (QED) is 0.922. The number of halogens is 1. The molecule has 0 unspecified atom stereocenters. The molecule has 1 aliphatic carbocycles. The van der Waals surface area contributed by atoms with E-state index in [0.29, 0.717) is 6.04 Å². The van der Waals surface area contributed by atoms with Crippen LogP contribution in [0.5, 0.6) is 0 Å². The molecule has 2 fully saturated rings. The molecule has 0 bridgehead atoms. The second-order valence-corrected chi connectivity index (χ2v) is 6.68. The standard InChI is InChI=1S/C18H26N2O.ClH/c1-13-4-3-5-14(2)17(13)18(21)20-10-8-16(9-11-20)19-12-15-6-7-15;/h3-5,15-16,19H,6-12H2,1-2H3;1H. The molecule has 1 saturated carbocycles. The van der Waals surface area contributed by atoms with Gasteiger partial charge in [-0.15, -0.1) is 12.4 Å². The zero-order valence-corrected chi connectivity index (χ0v) is 14.4. The van der Waals surface area contributed by atoms with Crippen molar-refractivity contribution in [2.75, 3.05) is 19.6 Å². The van der Waals surface area contributed by atoms with Crippen molar-refractivity contribution in [2.45, 2.75) is 45.6 Å². The number of carbonyl (C=O) groups excluding carboxylic acids is 1. The van der Waals surface area contributed by atoms with E-state index in [9.17, 15) is 4.79 Å². The van der Waals surface area contributed by atoms with E-state index in [-0.39, 0.29) is 18.3 Å². The minimum Gasteiger partial charge on any atom is -0.339 e. The highest BCUT2D eigenvalue weighted by Crippen LogP contribution is 2.28. The molecule has 3 rings (SSSR count). The zero-order valence-electron chi connectivity index (χ0n) is 13.6. The lowest BCUT2D eigenvalue weighted by molar-refractivity contribution is 0.0703. The molecule has 2 aliphatic rings. The molecule has 1 aliphatic heterocycles. The Morgan fingerprint density at radius 1 is 1.14 bits per heavy atom. The van der Waals surface area contributed by atoms with Crippen LogP contribution in [0.25, 0.3) is 0 Å². The van der Waals surface area contributed by atoms with Gasteiger partial charge in [0.1, 0.15) is 0 Å². The van der Waals surface area contributed by atoms with Crippen molar-refractivity contribution in [1.29, 1.82) is 0 Å². The predicted molar refractivity (Wildman–Crippen MR) is 92.8 cm³/mol. The summed E-state index contributed by atoms with van der Waals surface area (Å²) < 4.78 is 0. The number of carbonyl (C=O) groups is 1. The van der Waals surface area contributed by atoms with Gasteiger partial charge in [0, 0.05) is 24.7 Å². The Balaban J connectivity index is 0.00000176. The smallest absolute Gasteiger partial charge is 0.254 e. The van der Waals surface area contributed by atoms with Crippen LogP contribution in [0.4, 0.5) is 0 Å². The Morgan fingerprint density at radius 3 is 2.27 bits per heavy atom. The summed E-state index contributed by atoms with van der Waals surface area (Å²) in [5.74, 6) is 1.14. The minimum atomic E-state index is 0. The SMILES string of the molecule is Cc1cccc(C)c1C(=O)N1CCC(NCC2CC2)CC1.Cl. The van der Waals surface area contributed by atoms with E-state index in [1.165, 1.54) is 19.4 Å². The van der Waals surface area contributed by atoms with Gasteiger partial charge in [-0.3, -0.25) is 4.79 Å². The molecule has 0 aromatic heterocycles. The van der Waals surface area contributed by atoms with Crippen molar-refractivity contribution in [3.05, 3.63) is 34.9 Å². The van der Waals surface area contributed by atoms with Crippen molar-refractivity contribution in [2.24, 2.45) is 5.92 Å². The first-order valence-electron chi connectivity index (χ1n) is 8.24. The van der Waals surface area contributed by atoms with Crippen molar-refractivity contribution in [3.8, 4) is 0 Å². The number of likely N-dealkylation sites (tertiary alicyclic amines) is 1. The van der Waals surface area contributed by atoms with Gasteiger partial charge in [0.05, 0.1) is 0 Å². The maximum Gasteiger partial charge on any atom is 0.254 e. The number of aryl methyl sites for hydroxylation is 2. The maximum atomic E-state index is 12.7. The fourth-order valence-electron chi connectivity index (χ4n) is 3.25. The van der Waals surface area contributed by atoms with Crippen LogP contribution in [-0.2, 0) is 0 Å². The van der Waals surface area contributed by atoms with Gasteiger partial charge in [-0.05, 0) is 63.1 Å². The van der Waals surface area contributed by atoms with Crippen LogP contribution >= 0.6 is 12.4 Å². The number of nitrogens with one attached hydrogen (secondary N) is 1. The van der Waals surface area contributed by atoms with Crippen molar-refractivity contribution >= 4 is 18.3 Å². The van der Waals surface area contributed by atoms with Crippen molar-refractivity contribution in [3.63, 3.8) is 0 Å². The molecule has 3 nitrogen and oxygen atoms in total. The van der Waals surface area contributed by atoms with Crippen LogP contribution in [0, 0.1) is 19.8 Å². The summed E-state index contributed by atoms with van der Waals surface area (Å²) in [5, 5.41) is 3.67. The Morgan fingerprint density at radius 2 is 1.73 bits per heavy atom. The van der Waals surface area contributed by atoms with Crippen LogP contribution in [-0.4, -0.2) is 36.5 Å². The Hall–Kier alpha value is -1.06. The van der Waals surface area contributed by atoms with Crippen molar-refractivity contribution < 1.29 is 4.79 Å². The number of piperidine rings is 1. The first-order chi connectivity index (χ1) is 10.1. The summed E-state index contributed by atoms with van der Waals surface area (Å²) in [5.41, 5.74) is 3.09. The van der Waals surface area contributed by atoms with Gasteiger partial charge in [-0.25, -0.2) is 0 Å². The van der Waals surface area contributed by atoms with E-state index in [0.717, 1.165) is 48.5 Å². The number of amides is 1. The lowest BCUT2D eigenvalue weighted by atomic mass is 9.99. The summed E-state index contributed by atoms with van der Waals surface area (Å²) in [6, 6.07) is 6.69. The molecule has 4 heteroatoms. The molecular formula is C18H27ClN2O. The summed E-state index contributed by atoms with van der Waals surface area (Å²) in [7, 11) is 0. The summed E-state index contributed by atoms with van der Waals surface area (Å²) in [6.07, 6.45) is 4.97. The molecule has 0 atom stereocenters. The van der Waals surface area contributed by atoms with Crippen LogP contribution in [0.1, 0.15) is 47.2 Å². The lowest BCUT2D eigenvalue weighted by Crippen LogP contribution is -2.45. The van der Waals surface area contributed by atoms with E-state index in [1.54, 1.807) is 0 Å². The average Bonchev–Trinajstić information content (AvgIpc) is 3.29. The number of hydrogen-bond donors (Lipinski definition) is 1. The molecule has 122 valence electrons. The Labute approximate surface area is 139 Å². The van der Waals surface area contributed by atoms with Gasteiger partial charge in [0.25, 0.3) is 5.91 Å². The number of benzene rings is 1. The van der Waals surface area contributed by atoms with Crippen molar-refractivity contribution in [1.82, 2.24) is 10.2 Å². The largest absolute Gasteiger partial charge is 0.339 e. The third-order valence-corrected chi connectivity index (χ3v) is 4.87. The van der Waals surface area contributed by atoms with E-state index in [1.807, 2.05) is 36.9 Å². The summed E-state index contributed by atoms with van der Waals surface area (Å²) >= 11 is 0. The number of hydrogen-bond acceptors (Lipinski definition) is 2. The first-order valence-corrected chi connectivity index (χ1v) is 8.24. The second kappa shape index (κ2) is 7.47. The summed E-state index contributed by atoms with van der Waals surface area (Å²) in [4.78, 5) is 14.8. The highest BCUT2D eigenvalue weighted by molar-refractivity contribution is 5.97. The van der Waals surface area contributed by atoms with Crippen LogP contribution in [0.15, 0.2) is 18.2 Å². The monoisotopic (exact) mass is 322 g/mol. The van der Waals surface area contributed by atoms with Gasteiger partial charge in [0.2, 0.25) is 0 Å². The number of rotatable bonds is 4. The molecule has 0 spiro atoms. The van der Waals surface area contributed by atoms with Gasteiger partial charge in [-0.1, -0.05) is 18.2 Å². The molecule has 1 N–H and O–H groups in total. The lowest BCUT2D eigenvalue weighted by Gasteiger charge is -2.33. The first kappa shape index (κ1) is 17.3. The maximum absolute atomic E-state index is 12.7. The third-order valence-electron chi connectivity index (χ3n) is 4.87. The summed E-state index contributed by atoms with van der Waals surface area (Å²) in [6.45, 7) is 7.01. The van der Waals surface area contributed by atoms with Gasteiger partial charge in [0.15, 0.2) is 0 Å². The molecule has 22 heavy (non-hydrogen) atoms. The fraction of sp³-hybridized carbons (Fsp3) is 0.611. The van der Waals surface area contributed by atoms with Crippen LogP contribution in [0.3, 0.4) is 0 Å². The highest BCUT2D eigenvalue weighted by Gasteiger charge is 2.27. The van der Waals surface area contributed by atoms with E-state index >= 15 is 0 Å². The predicted octanol–water partition coefficient (Wildman–Crippen LogP) is 3.33. The molecular weight excluding hydrogens is 296 g/mol. The topological polar surface area (TPSA) is 32.3 Å². The molecule has 1 amide bonds. The minimum absolute atomic E-state index is 0. The Bertz CT molecular complexity index is 500. The molecule has 1 aromatic rings. The molecule has 1 heterocycles. The normalized spacial score (nSPS) is 18.9. The van der Waals surface area contributed by atoms with E-state index in [4.69, 9.17) is 0 Å². The fourth-order valence-corrected chi connectivity index (χ4v) is 3.25. The molecule has 1 saturated heterocycles. The average molecular weight is 323 g/mol. The zero-order chi connectivity index (χ0) is 14.8. The number of nitrogens with zero attached hydrogens (tertiary/aromatic N) is 1. The highest BCUT2D eigenvalue weighted by atomic mass is 35.5. The van der Waals surface area contributed by atoms with E-state index in [2.05, 4.69) is 5.32 Å².